The number of rotatable bonds is 6. The minimum Gasteiger partial charge on any atom is -0.444 e. The normalized spacial score (nSPS) is 12.5. The number of nitrogens with one attached hydrogen (secondary N) is 2. The highest BCUT2D eigenvalue weighted by Gasteiger charge is 2.30. The van der Waals surface area contributed by atoms with Crippen LogP contribution in [0.5, 0.6) is 0 Å². The van der Waals surface area contributed by atoms with Crippen LogP contribution in [0.3, 0.4) is 0 Å². The fraction of sp³-hybridized carbons (Fsp3) is 0.259. The van der Waals surface area contributed by atoms with E-state index >= 15 is 0 Å². The molecule has 0 bridgehead atoms. The van der Waals surface area contributed by atoms with E-state index in [0.717, 1.165) is 23.3 Å². The first kappa shape index (κ1) is 25.8. The molecule has 0 aliphatic heterocycles. The van der Waals surface area contributed by atoms with E-state index in [4.69, 9.17) is 4.74 Å². The van der Waals surface area contributed by atoms with Gasteiger partial charge in [0, 0.05) is 23.7 Å². The molecule has 0 heterocycles. The van der Waals surface area contributed by atoms with Crippen LogP contribution in [0.2, 0.25) is 0 Å². The van der Waals surface area contributed by atoms with E-state index in [1.165, 1.54) is 12.1 Å². The third-order valence-electron chi connectivity index (χ3n) is 5.00. The molecule has 3 aromatic rings. The predicted octanol–water partition coefficient (Wildman–Crippen LogP) is 7.21. The van der Waals surface area contributed by atoms with Crippen LogP contribution in [0.4, 0.5) is 29.3 Å². The van der Waals surface area contributed by atoms with Crippen LogP contribution in [-0.2, 0) is 15.7 Å². The predicted molar refractivity (Wildman–Crippen MR) is 129 cm³/mol. The van der Waals surface area contributed by atoms with Crippen LogP contribution >= 0.6 is 0 Å². The minimum absolute atomic E-state index is 0.0177. The summed E-state index contributed by atoms with van der Waals surface area (Å²) in [6.45, 7) is 5.28. The highest BCUT2D eigenvalue weighted by Crippen LogP contribution is 2.32. The second-order valence-corrected chi connectivity index (χ2v) is 9.05. The number of benzene rings is 3. The maximum absolute atomic E-state index is 13.0. The second-order valence-electron chi connectivity index (χ2n) is 9.05. The molecular weight excluding hydrogens is 457 g/mol. The quantitative estimate of drug-likeness (QED) is 0.388. The van der Waals surface area contributed by atoms with Crippen LogP contribution < -0.4 is 10.6 Å². The molecule has 5 nitrogen and oxygen atoms in total. The molecule has 1 atom stereocenters. The second kappa shape index (κ2) is 10.6. The Labute approximate surface area is 202 Å². The maximum Gasteiger partial charge on any atom is 0.416 e. The number of carbonyl (C=O) groups excluding carboxylic acids is 2. The Bertz CT molecular complexity index is 1170. The maximum atomic E-state index is 13.0. The van der Waals surface area contributed by atoms with Gasteiger partial charge in [-0.05, 0) is 62.2 Å². The number of hydrogen-bond donors (Lipinski definition) is 2. The summed E-state index contributed by atoms with van der Waals surface area (Å²) >= 11 is 0. The van der Waals surface area contributed by atoms with E-state index in [-0.39, 0.29) is 12.1 Å². The van der Waals surface area contributed by atoms with Gasteiger partial charge < -0.3 is 10.1 Å². The van der Waals surface area contributed by atoms with E-state index in [1.807, 2.05) is 36.4 Å². The lowest BCUT2D eigenvalue weighted by Gasteiger charge is -2.21. The van der Waals surface area contributed by atoms with Crippen LogP contribution in [0, 0.1) is 0 Å². The molecule has 184 valence electrons. The molecule has 2 N–H and O–H groups in total. The van der Waals surface area contributed by atoms with Gasteiger partial charge in [-0.1, -0.05) is 48.5 Å². The van der Waals surface area contributed by atoms with E-state index in [2.05, 4.69) is 10.6 Å². The van der Waals surface area contributed by atoms with Crippen molar-refractivity contribution in [1.29, 1.82) is 0 Å². The summed E-state index contributed by atoms with van der Waals surface area (Å²) in [5.41, 5.74) is 0.671. The average molecular weight is 485 g/mol. The number of amides is 2. The largest absolute Gasteiger partial charge is 0.444 e. The third-order valence-corrected chi connectivity index (χ3v) is 5.00. The number of hydrogen-bond acceptors (Lipinski definition) is 3. The number of anilines is 2. The van der Waals surface area contributed by atoms with Crippen LogP contribution in [0.25, 0.3) is 0 Å². The average Bonchev–Trinajstić information content (AvgIpc) is 2.76. The molecule has 0 aliphatic rings. The minimum atomic E-state index is -4.51. The van der Waals surface area contributed by atoms with Crippen LogP contribution in [-0.4, -0.2) is 17.6 Å². The van der Waals surface area contributed by atoms with E-state index < -0.39 is 35.3 Å². The van der Waals surface area contributed by atoms with Crippen LogP contribution in [0.15, 0.2) is 78.9 Å². The molecule has 3 rings (SSSR count). The number of alkyl halides is 3. The van der Waals surface area contributed by atoms with E-state index in [0.29, 0.717) is 5.69 Å². The van der Waals surface area contributed by atoms with Crippen LogP contribution in [0.1, 0.15) is 49.8 Å². The zero-order valence-electron chi connectivity index (χ0n) is 19.6. The van der Waals surface area contributed by atoms with Gasteiger partial charge in [-0.3, -0.25) is 10.1 Å². The van der Waals surface area contributed by atoms with Crippen molar-refractivity contribution in [2.24, 2.45) is 0 Å². The van der Waals surface area contributed by atoms with E-state index in [9.17, 15) is 22.8 Å². The lowest BCUT2D eigenvalue weighted by atomic mass is 9.88. The van der Waals surface area contributed by atoms with Gasteiger partial charge in [-0.2, -0.15) is 13.2 Å². The molecule has 0 aromatic heterocycles. The summed E-state index contributed by atoms with van der Waals surface area (Å²) < 4.78 is 44.4. The van der Waals surface area contributed by atoms with Gasteiger partial charge in [0.15, 0.2) is 0 Å². The molecule has 0 radical (unpaired) electrons. The highest BCUT2D eigenvalue weighted by atomic mass is 19.4. The Morgan fingerprint density at radius 1 is 0.800 bits per heavy atom. The fourth-order valence-corrected chi connectivity index (χ4v) is 3.54. The Balaban J connectivity index is 1.82. The first-order chi connectivity index (χ1) is 16.4. The van der Waals surface area contributed by atoms with Gasteiger partial charge in [0.05, 0.1) is 5.56 Å². The molecule has 0 spiro atoms. The monoisotopic (exact) mass is 484 g/mol. The zero-order valence-corrected chi connectivity index (χ0v) is 19.6. The van der Waals surface area contributed by atoms with Crippen molar-refractivity contribution in [3.63, 3.8) is 0 Å². The SMILES string of the molecule is CC(C)(C)OC(=O)Nc1cccc(C(CC(=O)Nc2cccc(C(F)(F)F)c2)c2ccccc2)c1. The summed E-state index contributed by atoms with van der Waals surface area (Å²) in [6, 6.07) is 20.8. The molecule has 2 amide bonds. The fourth-order valence-electron chi connectivity index (χ4n) is 3.54. The lowest BCUT2D eigenvalue weighted by molar-refractivity contribution is -0.137. The topological polar surface area (TPSA) is 67.4 Å². The summed E-state index contributed by atoms with van der Waals surface area (Å²) in [7, 11) is 0. The van der Waals surface area contributed by atoms with Crippen molar-refractivity contribution < 1.29 is 27.5 Å². The standard InChI is InChI=1S/C27H27F3N2O3/c1-26(2,3)35-25(34)32-21-13-7-11-19(15-21)23(18-9-5-4-6-10-18)17-24(33)31-22-14-8-12-20(16-22)27(28,29)30/h4-16,23H,17H2,1-3H3,(H,31,33)(H,32,34). The van der Waals surface area contributed by atoms with Crippen molar-refractivity contribution in [3.05, 3.63) is 95.6 Å². The summed E-state index contributed by atoms with van der Waals surface area (Å²) in [5.74, 6) is -0.842. The van der Waals surface area contributed by atoms with Crippen molar-refractivity contribution in [2.75, 3.05) is 10.6 Å². The van der Waals surface area contributed by atoms with Crippen molar-refractivity contribution in [2.45, 2.75) is 44.9 Å². The molecular formula is C27H27F3N2O3. The van der Waals surface area contributed by atoms with Gasteiger partial charge in [-0.15, -0.1) is 0 Å². The Morgan fingerprint density at radius 2 is 1.40 bits per heavy atom. The molecule has 1 unspecified atom stereocenters. The Morgan fingerprint density at radius 3 is 2.03 bits per heavy atom. The van der Waals surface area contributed by atoms with Gasteiger partial charge in [0.25, 0.3) is 0 Å². The smallest absolute Gasteiger partial charge is 0.416 e. The zero-order chi connectivity index (χ0) is 25.6. The third kappa shape index (κ3) is 7.88. The lowest BCUT2D eigenvalue weighted by Crippen LogP contribution is -2.27. The first-order valence-corrected chi connectivity index (χ1v) is 11.0. The summed E-state index contributed by atoms with van der Waals surface area (Å²) in [6.07, 6.45) is -5.13. The van der Waals surface area contributed by atoms with E-state index in [1.54, 1.807) is 39.0 Å². The van der Waals surface area contributed by atoms with Crippen molar-refractivity contribution >= 4 is 23.4 Å². The molecule has 3 aromatic carbocycles. The molecule has 8 heteroatoms. The van der Waals surface area contributed by atoms with Gasteiger partial charge in [-0.25, -0.2) is 4.79 Å². The summed E-state index contributed by atoms with van der Waals surface area (Å²) in [4.78, 5) is 25.0. The Hall–Kier alpha value is -3.81. The van der Waals surface area contributed by atoms with Gasteiger partial charge in [0.2, 0.25) is 5.91 Å². The Kier molecular flexibility index (Phi) is 7.84. The number of ether oxygens (including phenoxy) is 1. The van der Waals surface area contributed by atoms with Gasteiger partial charge in [0.1, 0.15) is 5.60 Å². The summed E-state index contributed by atoms with van der Waals surface area (Å²) in [5, 5.41) is 5.26. The number of carbonyl (C=O) groups is 2. The number of halogens is 3. The molecule has 35 heavy (non-hydrogen) atoms. The van der Waals surface area contributed by atoms with Gasteiger partial charge >= 0.3 is 12.3 Å². The van der Waals surface area contributed by atoms with Crippen molar-refractivity contribution in [1.82, 2.24) is 0 Å². The molecule has 0 fully saturated rings. The first-order valence-electron chi connectivity index (χ1n) is 11.0. The highest BCUT2D eigenvalue weighted by molar-refractivity contribution is 5.91. The molecule has 0 aliphatic carbocycles. The molecule has 0 saturated heterocycles. The molecule has 0 saturated carbocycles. The van der Waals surface area contributed by atoms with Crippen molar-refractivity contribution in [3.8, 4) is 0 Å².